The molecule has 2 heterocycles. The molecule has 1 aliphatic rings. The van der Waals surface area contributed by atoms with Gasteiger partial charge in [0.15, 0.2) is 0 Å². The quantitative estimate of drug-likeness (QED) is 0.835. The second-order valence-corrected chi connectivity index (χ2v) is 4.61. The predicted molar refractivity (Wildman–Crippen MR) is 63.0 cm³/mol. The molecule has 1 aromatic heterocycles. The SMILES string of the molecule is CCCn1cncc1CN1CCC[C@H](O)C1. The van der Waals surface area contributed by atoms with Gasteiger partial charge in [-0.15, -0.1) is 0 Å². The van der Waals surface area contributed by atoms with Gasteiger partial charge >= 0.3 is 0 Å². The van der Waals surface area contributed by atoms with Crippen LogP contribution in [-0.2, 0) is 13.1 Å². The van der Waals surface area contributed by atoms with Crippen molar-refractivity contribution in [3.8, 4) is 0 Å². The van der Waals surface area contributed by atoms with Gasteiger partial charge in [0.25, 0.3) is 0 Å². The molecule has 0 radical (unpaired) electrons. The van der Waals surface area contributed by atoms with E-state index in [1.165, 1.54) is 5.69 Å². The molecule has 0 bridgehead atoms. The molecule has 1 aromatic rings. The summed E-state index contributed by atoms with van der Waals surface area (Å²) in [5.41, 5.74) is 1.26. The largest absolute Gasteiger partial charge is 0.392 e. The van der Waals surface area contributed by atoms with Crippen LogP contribution < -0.4 is 0 Å². The van der Waals surface area contributed by atoms with Gasteiger partial charge in [0.1, 0.15) is 0 Å². The molecule has 16 heavy (non-hydrogen) atoms. The van der Waals surface area contributed by atoms with Crippen molar-refractivity contribution in [2.45, 2.75) is 45.4 Å². The number of hydrogen-bond acceptors (Lipinski definition) is 3. The molecule has 0 unspecified atom stereocenters. The number of likely N-dealkylation sites (tertiary alicyclic amines) is 1. The zero-order chi connectivity index (χ0) is 11.4. The molecule has 1 atom stereocenters. The first-order valence-corrected chi connectivity index (χ1v) is 6.19. The fourth-order valence-corrected chi connectivity index (χ4v) is 2.33. The highest BCUT2D eigenvalue weighted by atomic mass is 16.3. The molecule has 1 fully saturated rings. The van der Waals surface area contributed by atoms with Crippen LogP contribution in [0.5, 0.6) is 0 Å². The standard InChI is InChI=1S/C12H21N3O/c1-2-5-15-10-13-7-11(15)8-14-6-3-4-12(16)9-14/h7,10,12,16H,2-6,8-9H2,1H3/t12-/m0/s1. The van der Waals surface area contributed by atoms with Gasteiger partial charge in [-0.1, -0.05) is 6.92 Å². The van der Waals surface area contributed by atoms with E-state index in [-0.39, 0.29) is 6.10 Å². The Morgan fingerprint density at radius 1 is 1.56 bits per heavy atom. The van der Waals surface area contributed by atoms with Crippen molar-refractivity contribution in [2.75, 3.05) is 13.1 Å². The van der Waals surface area contributed by atoms with Crippen LogP contribution in [0.25, 0.3) is 0 Å². The van der Waals surface area contributed by atoms with Gasteiger partial charge in [-0.3, -0.25) is 4.90 Å². The van der Waals surface area contributed by atoms with Crippen molar-refractivity contribution in [3.05, 3.63) is 18.2 Å². The number of rotatable bonds is 4. The van der Waals surface area contributed by atoms with Crippen molar-refractivity contribution in [2.24, 2.45) is 0 Å². The van der Waals surface area contributed by atoms with Crippen LogP contribution in [0.15, 0.2) is 12.5 Å². The number of aromatic nitrogens is 2. The van der Waals surface area contributed by atoms with Crippen LogP contribution in [0.1, 0.15) is 31.9 Å². The number of β-amino-alcohol motifs (C(OH)–C–C–N with tert-alkyl or cyclic N) is 1. The monoisotopic (exact) mass is 223 g/mol. The van der Waals surface area contributed by atoms with E-state index < -0.39 is 0 Å². The molecule has 2 rings (SSSR count). The summed E-state index contributed by atoms with van der Waals surface area (Å²) >= 11 is 0. The summed E-state index contributed by atoms with van der Waals surface area (Å²) in [7, 11) is 0. The fraction of sp³-hybridized carbons (Fsp3) is 0.750. The number of imidazole rings is 1. The Balaban J connectivity index is 1.94. The summed E-state index contributed by atoms with van der Waals surface area (Å²) in [5, 5.41) is 9.62. The highest BCUT2D eigenvalue weighted by Crippen LogP contribution is 2.13. The van der Waals surface area contributed by atoms with Crippen LogP contribution >= 0.6 is 0 Å². The van der Waals surface area contributed by atoms with Gasteiger partial charge in [0.05, 0.1) is 18.1 Å². The number of nitrogens with zero attached hydrogens (tertiary/aromatic N) is 3. The lowest BCUT2D eigenvalue weighted by atomic mass is 10.1. The molecule has 1 aliphatic heterocycles. The van der Waals surface area contributed by atoms with E-state index in [2.05, 4.69) is 21.4 Å². The lowest BCUT2D eigenvalue weighted by molar-refractivity contribution is 0.0656. The van der Waals surface area contributed by atoms with Gasteiger partial charge < -0.3 is 9.67 Å². The first-order valence-electron chi connectivity index (χ1n) is 6.19. The van der Waals surface area contributed by atoms with E-state index in [0.717, 1.165) is 45.4 Å². The van der Waals surface area contributed by atoms with Crippen LogP contribution in [0.4, 0.5) is 0 Å². The number of aliphatic hydroxyl groups excluding tert-OH is 1. The zero-order valence-electron chi connectivity index (χ0n) is 9.97. The molecule has 0 amide bonds. The smallest absolute Gasteiger partial charge is 0.0948 e. The normalized spacial score (nSPS) is 22.5. The molecule has 4 heteroatoms. The first-order chi connectivity index (χ1) is 7.79. The minimum atomic E-state index is -0.142. The average molecular weight is 223 g/mol. The molecule has 1 N–H and O–H groups in total. The Morgan fingerprint density at radius 2 is 2.44 bits per heavy atom. The topological polar surface area (TPSA) is 41.3 Å². The molecule has 1 saturated heterocycles. The third kappa shape index (κ3) is 2.83. The van der Waals surface area contributed by atoms with E-state index >= 15 is 0 Å². The van der Waals surface area contributed by atoms with Gasteiger partial charge in [-0.2, -0.15) is 0 Å². The van der Waals surface area contributed by atoms with Crippen LogP contribution in [0.3, 0.4) is 0 Å². The molecule has 90 valence electrons. The minimum Gasteiger partial charge on any atom is -0.392 e. The fourth-order valence-electron chi connectivity index (χ4n) is 2.33. The third-order valence-electron chi connectivity index (χ3n) is 3.13. The summed E-state index contributed by atoms with van der Waals surface area (Å²) in [6.45, 7) is 6.02. The van der Waals surface area contributed by atoms with Gasteiger partial charge in [-0.25, -0.2) is 4.98 Å². The Kier molecular flexibility index (Phi) is 3.96. The van der Waals surface area contributed by atoms with E-state index in [0.29, 0.717) is 0 Å². The third-order valence-corrected chi connectivity index (χ3v) is 3.13. The van der Waals surface area contributed by atoms with Gasteiger partial charge in [-0.05, 0) is 25.8 Å². The average Bonchev–Trinajstić information content (AvgIpc) is 2.66. The Morgan fingerprint density at radius 3 is 3.19 bits per heavy atom. The van der Waals surface area contributed by atoms with E-state index in [4.69, 9.17) is 0 Å². The van der Waals surface area contributed by atoms with Gasteiger partial charge in [0, 0.05) is 25.8 Å². The maximum Gasteiger partial charge on any atom is 0.0948 e. The van der Waals surface area contributed by atoms with Crippen molar-refractivity contribution >= 4 is 0 Å². The summed E-state index contributed by atoms with van der Waals surface area (Å²) in [6, 6.07) is 0. The molecule has 0 spiro atoms. The minimum absolute atomic E-state index is 0.142. The Bertz CT molecular complexity index is 324. The molecular formula is C12H21N3O. The highest BCUT2D eigenvalue weighted by Gasteiger charge is 2.18. The maximum atomic E-state index is 9.62. The van der Waals surface area contributed by atoms with Crippen LogP contribution in [0, 0.1) is 0 Å². The summed E-state index contributed by atoms with van der Waals surface area (Å²) in [5.74, 6) is 0. The number of aliphatic hydroxyl groups is 1. The summed E-state index contributed by atoms with van der Waals surface area (Å²) in [6.07, 6.45) is 6.88. The van der Waals surface area contributed by atoms with Gasteiger partial charge in [0.2, 0.25) is 0 Å². The number of aryl methyl sites for hydroxylation is 1. The van der Waals surface area contributed by atoms with Crippen LogP contribution in [-0.4, -0.2) is 38.8 Å². The second kappa shape index (κ2) is 5.46. The summed E-state index contributed by atoms with van der Waals surface area (Å²) < 4.78 is 2.21. The molecule has 0 aromatic carbocycles. The van der Waals surface area contributed by atoms with Crippen molar-refractivity contribution in [1.29, 1.82) is 0 Å². The molecule has 0 aliphatic carbocycles. The number of piperidine rings is 1. The molecular weight excluding hydrogens is 202 g/mol. The number of hydrogen-bond donors (Lipinski definition) is 1. The van der Waals surface area contributed by atoms with E-state index in [1.807, 2.05) is 12.5 Å². The van der Waals surface area contributed by atoms with Crippen molar-refractivity contribution < 1.29 is 5.11 Å². The Hall–Kier alpha value is -0.870. The second-order valence-electron chi connectivity index (χ2n) is 4.61. The first kappa shape index (κ1) is 11.6. The molecule has 0 saturated carbocycles. The van der Waals surface area contributed by atoms with Crippen molar-refractivity contribution in [1.82, 2.24) is 14.5 Å². The van der Waals surface area contributed by atoms with Crippen molar-refractivity contribution in [3.63, 3.8) is 0 Å². The lowest BCUT2D eigenvalue weighted by Gasteiger charge is -2.29. The zero-order valence-corrected chi connectivity index (χ0v) is 9.97. The van der Waals surface area contributed by atoms with E-state index in [9.17, 15) is 5.11 Å². The predicted octanol–water partition coefficient (Wildman–Crippen LogP) is 1.25. The molecule has 4 nitrogen and oxygen atoms in total. The highest BCUT2D eigenvalue weighted by molar-refractivity contribution is 4.98. The lowest BCUT2D eigenvalue weighted by Crippen LogP contribution is -2.38. The Labute approximate surface area is 96.9 Å². The van der Waals surface area contributed by atoms with Crippen LogP contribution in [0.2, 0.25) is 0 Å². The maximum absolute atomic E-state index is 9.62. The van der Waals surface area contributed by atoms with E-state index in [1.54, 1.807) is 0 Å². The summed E-state index contributed by atoms with van der Waals surface area (Å²) in [4.78, 5) is 6.52.